The summed E-state index contributed by atoms with van der Waals surface area (Å²) < 4.78 is 11.0. The molecule has 1 aromatic rings. The Balaban J connectivity index is 2.55. The van der Waals surface area contributed by atoms with Crippen molar-refractivity contribution in [2.75, 3.05) is 19.7 Å². The first-order chi connectivity index (χ1) is 11.1. The number of rotatable bonds is 11. The Kier molecular flexibility index (Phi) is 9.72. The second kappa shape index (κ2) is 11.3. The van der Waals surface area contributed by atoms with E-state index in [2.05, 4.69) is 19.2 Å². The van der Waals surface area contributed by atoms with E-state index in [9.17, 15) is 4.79 Å². The summed E-state index contributed by atoms with van der Waals surface area (Å²) in [7, 11) is 0. The third-order valence-corrected chi connectivity index (χ3v) is 3.81. The topological polar surface area (TPSA) is 47.6 Å². The third-order valence-electron chi connectivity index (χ3n) is 3.52. The van der Waals surface area contributed by atoms with Gasteiger partial charge in [0, 0.05) is 5.88 Å². The van der Waals surface area contributed by atoms with Crippen molar-refractivity contribution in [2.45, 2.75) is 52.0 Å². The van der Waals surface area contributed by atoms with E-state index in [1.807, 2.05) is 6.07 Å². The van der Waals surface area contributed by atoms with Crippen molar-refractivity contribution in [1.29, 1.82) is 0 Å². The van der Waals surface area contributed by atoms with Crippen LogP contribution in [0.5, 0.6) is 5.75 Å². The zero-order chi connectivity index (χ0) is 17.1. The third kappa shape index (κ3) is 7.23. The molecule has 1 rings (SSSR count). The maximum atomic E-state index is 11.9. The molecule has 0 spiro atoms. The number of carbonyl (C=O) groups excluding carboxylic acids is 1. The largest absolute Gasteiger partial charge is 0.491 e. The second-order valence-electron chi connectivity index (χ2n) is 5.45. The lowest BCUT2D eigenvalue weighted by molar-refractivity contribution is 0.0525. The van der Waals surface area contributed by atoms with Gasteiger partial charge in [-0.1, -0.05) is 6.92 Å². The molecule has 0 aromatic heterocycles. The normalized spacial score (nSPS) is 12.0. The van der Waals surface area contributed by atoms with Crippen LogP contribution < -0.4 is 10.1 Å². The lowest BCUT2D eigenvalue weighted by Crippen LogP contribution is -2.16. The van der Waals surface area contributed by atoms with Crippen LogP contribution >= 0.6 is 11.6 Å². The van der Waals surface area contributed by atoms with E-state index >= 15 is 0 Å². The van der Waals surface area contributed by atoms with Gasteiger partial charge in [0.1, 0.15) is 5.75 Å². The molecule has 0 bridgehead atoms. The molecule has 0 aliphatic rings. The summed E-state index contributed by atoms with van der Waals surface area (Å²) in [5.74, 6) is 0.654. The molecule has 1 N–H and O–H groups in total. The van der Waals surface area contributed by atoms with E-state index in [1.54, 1.807) is 19.1 Å². The highest BCUT2D eigenvalue weighted by Crippen LogP contribution is 2.22. The van der Waals surface area contributed by atoms with Crippen LogP contribution in [-0.4, -0.2) is 31.8 Å². The Hall–Kier alpha value is -1.26. The van der Waals surface area contributed by atoms with Gasteiger partial charge in [-0.15, -0.1) is 11.6 Å². The lowest BCUT2D eigenvalue weighted by atomic mass is 10.1. The van der Waals surface area contributed by atoms with Gasteiger partial charge in [0.05, 0.1) is 18.3 Å². The van der Waals surface area contributed by atoms with Crippen LogP contribution in [0.15, 0.2) is 18.2 Å². The molecule has 4 nitrogen and oxygen atoms in total. The van der Waals surface area contributed by atoms with Crippen molar-refractivity contribution in [3.8, 4) is 5.75 Å². The first-order valence-electron chi connectivity index (χ1n) is 8.35. The second-order valence-corrected chi connectivity index (χ2v) is 5.72. The molecule has 23 heavy (non-hydrogen) atoms. The summed E-state index contributed by atoms with van der Waals surface area (Å²) in [5.41, 5.74) is 1.24. The Bertz CT molecular complexity index is 479. The maximum Gasteiger partial charge on any atom is 0.338 e. The average molecular weight is 342 g/mol. The maximum absolute atomic E-state index is 11.9. The van der Waals surface area contributed by atoms with E-state index < -0.39 is 0 Å². The van der Waals surface area contributed by atoms with E-state index in [0.717, 1.165) is 43.7 Å². The van der Waals surface area contributed by atoms with Gasteiger partial charge in [-0.3, -0.25) is 0 Å². The number of halogens is 1. The Morgan fingerprint density at radius 3 is 2.74 bits per heavy atom. The zero-order valence-electron chi connectivity index (χ0n) is 14.4. The van der Waals surface area contributed by atoms with Crippen LogP contribution in [0.1, 0.15) is 56.0 Å². The predicted octanol–water partition coefficient (Wildman–Crippen LogP) is 4.15. The van der Waals surface area contributed by atoms with Crippen molar-refractivity contribution in [2.24, 2.45) is 0 Å². The van der Waals surface area contributed by atoms with Crippen molar-refractivity contribution in [3.63, 3.8) is 0 Å². The quantitative estimate of drug-likeness (QED) is 0.373. The SMILES string of the molecule is CCNCCCCC(C)Oc1ccc(C(=O)OCC)c(CCl)c1. The molecule has 0 saturated heterocycles. The first-order valence-corrected chi connectivity index (χ1v) is 8.89. The molecule has 0 radical (unpaired) electrons. The standard InChI is InChI=1S/C18H28ClNO3/c1-4-20-11-7-6-8-14(3)23-16-9-10-17(15(12-16)13-19)18(21)22-5-2/h9-10,12,14,20H,4-8,11,13H2,1-3H3. The number of benzene rings is 1. The van der Waals surface area contributed by atoms with Crippen LogP contribution in [0.3, 0.4) is 0 Å². The van der Waals surface area contributed by atoms with Crippen LogP contribution in [0, 0.1) is 0 Å². The van der Waals surface area contributed by atoms with Gasteiger partial charge in [-0.2, -0.15) is 0 Å². The minimum absolute atomic E-state index is 0.133. The number of hydrogen-bond donors (Lipinski definition) is 1. The molecule has 0 aliphatic carbocycles. The van der Waals surface area contributed by atoms with Crippen LogP contribution in [0.25, 0.3) is 0 Å². The molecule has 0 saturated carbocycles. The lowest BCUT2D eigenvalue weighted by Gasteiger charge is -2.16. The first kappa shape index (κ1) is 19.8. The van der Waals surface area contributed by atoms with Gasteiger partial charge in [0.2, 0.25) is 0 Å². The highest BCUT2D eigenvalue weighted by atomic mass is 35.5. The molecule has 0 fully saturated rings. The van der Waals surface area contributed by atoms with Crippen LogP contribution in [0.2, 0.25) is 0 Å². The smallest absolute Gasteiger partial charge is 0.338 e. The highest BCUT2D eigenvalue weighted by Gasteiger charge is 2.14. The Labute approximate surface area is 144 Å². The monoisotopic (exact) mass is 341 g/mol. The minimum atomic E-state index is -0.342. The molecule has 0 heterocycles. The molecule has 0 aliphatic heterocycles. The zero-order valence-corrected chi connectivity index (χ0v) is 15.1. The summed E-state index contributed by atoms with van der Waals surface area (Å²) in [5, 5.41) is 3.31. The van der Waals surface area contributed by atoms with E-state index in [1.165, 1.54) is 0 Å². The van der Waals surface area contributed by atoms with Gasteiger partial charge >= 0.3 is 5.97 Å². The summed E-state index contributed by atoms with van der Waals surface area (Å²) >= 11 is 5.95. The Morgan fingerprint density at radius 2 is 2.09 bits per heavy atom. The molecule has 130 valence electrons. The molecular weight excluding hydrogens is 314 g/mol. The highest BCUT2D eigenvalue weighted by molar-refractivity contribution is 6.17. The summed E-state index contributed by atoms with van der Waals surface area (Å²) in [6.45, 7) is 8.37. The fourth-order valence-electron chi connectivity index (χ4n) is 2.31. The van der Waals surface area contributed by atoms with Gasteiger partial charge in [-0.25, -0.2) is 4.79 Å². The summed E-state index contributed by atoms with van der Waals surface area (Å²) in [6, 6.07) is 5.36. The van der Waals surface area contributed by atoms with E-state index in [4.69, 9.17) is 21.1 Å². The van der Waals surface area contributed by atoms with Crippen LogP contribution in [-0.2, 0) is 10.6 Å². The fourth-order valence-corrected chi connectivity index (χ4v) is 2.53. The number of nitrogens with one attached hydrogen (secondary N) is 1. The van der Waals surface area contributed by atoms with Gasteiger partial charge in [-0.05, 0) is 70.0 Å². The molecule has 1 unspecified atom stereocenters. The molecule has 0 amide bonds. The fraction of sp³-hybridized carbons (Fsp3) is 0.611. The van der Waals surface area contributed by atoms with Crippen LogP contribution in [0.4, 0.5) is 0 Å². The number of carbonyl (C=O) groups is 1. The van der Waals surface area contributed by atoms with E-state index in [0.29, 0.717) is 12.2 Å². The van der Waals surface area contributed by atoms with Gasteiger partial charge in [0.25, 0.3) is 0 Å². The van der Waals surface area contributed by atoms with Gasteiger partial charge in [0.15, 0.2) is 0 Å². The Morgan fingerprint density at radius 1 is 1.30 bits per heavy atom. The van der Waals surface area contributed by atoms with Crippen molar-refractivity contribution < 1.29 is 14.3 Å². The van der Waals surface area contributed by atoms with E-state index in [-0.39, 0.29) is 18.0 Å². The number of alkyl halides is 1. The molecular formula is C18H28ClNO3. The van der Waals surface area contributed by atoms with Crippen molar-refractivity contribution in [3.05, 3.63) is 29.3 Å². The summed E-state index contributed by atoms with van der Waals surface area (Å²) in [4.78, 5) is 11.9. The van der Waals surface area contributed by atoms with Gasteiger partial charge < -0.3 is 14.8 Å². The molecule has 1 atom stereocenters. The minimum Gasteiger partial charge on any atom is -0.491 e. The predicted molar refractivity (Wildman–Crippen MR) is 94.4 cm³/mol. The number of esters is 1. The van der Waals surface area contributed by atoms with Crippen molar-refractivity contribution >= 4 is 17.6 Å². The average Bonchev–Trinajstić information content (AvgIpc) is 2.54. The number of unbranched alkanes of at least 4 members (excludes halogenated alkanes) is 1. The van der Waals surface area contributed by atoms with Crippen molar-refractivity contribution in [1.82, 2.24) is 5.32 Å². The molecule has 5 heteroatoms. The number of ether oxygens (including phenoxy) is 2. The number of hydrogen-bond acceptors (Lipinski definition) is 4. The summed E-state index contributed by atoms with van der Waals surface area (Å²) in [6.07, 6.45) is 3.41. The molecule has 1 aromatic carbocycles.